The lowest BCUT2D eigenvalue weighted by atomic mass is 9.70. The van der Waals surface area contributed by atoms with Gasteiger partial charge >= 0.3 is 0 Å². The maximum atomic E-state index is 6.76. The lowest BCUT2D eigenvalue weighted by Crippen LogP contribution is -2.54. The van der Waals surface area contributed by atoms with Crippen LogP contribution >= 0.6 is 0 Å². The highest BCUT2D eigenvalue weighted by molar-refractivity contribution is 5.63. The lowest BCUT2D eigenvalue weighted by molar-refractivity contribution is 0.0272. The molecule has 3 heteroatoms. The summed E-state index contributed by atoms with van der Waals surface area (Å²) in [6, 6.07) is 11.9. The number of ether oxygens (including phenoxy) is 1. The number of benzene rings is 1. The highest BCUT2D eigenvalue weighted by Crippen LogP contribution is 2.53. The Kier molecular flexibility index (Phi) is 6.47. The van der Waals surface area contributed by atoms with Gasteiger partial charge in [0.25, 0.3) is 0 Å². The number of nitrogens with zero attached hydrogens (tertiary/aromatic N) is 2. The Hall–Kier alpha value is -2.26. The number of hydrogen-bond donors (Lipinski definition) is 0. The fourth-order valence-corrected chi connectivity index (χ4v) is 10.00. The van der Waals surface area contributed by atoms with Crippen LogP contribution in [0, 0.1) is 11.8 Å². The van der Waals surface area contributed by atoms with E-state index >= 15 is 0 Å². The molecule has 1 saturated heterocycles. The molecule has 3 fully saturated rings. The molecule has 0 bridgehead atoms. The largest absolute Gasteiger partial charge is 0.370 e. The van der Waals surface area contributed by atoms with Crippen molar-refractivity contribution in [2.45, 2.75) is 126 Å². The topological polar surface area (TPSA) is 15.7 Å². The van der Waals surface area contributed by atoms with Gasteiger partial charge in [-0.15, -0.1) is 0 Å². The standard InChI is InChI=1S/C36H46N2O/c1-3-12-25(13-4-1)37(33-19-11-21-35-36(33)29-17-8-10-20-34(29)39-35)27-22-23-32-30(24-27)28-16-7-9-18-31(28)38(32)26-14-5-2-6-15-26/h1,3,5,7,9,11-12,14,16,18,21,26-27,29-30,32-36H,2,4,6,8,10,13,15,17,19-20,22-24H2. The SMILES string of the molecule is C1=CCCC(N(C2CCC3C(C2)c2ccccc2N3C2C=CCCC2)C2CC=CC3OC4CCCCC4C32)=C1. The van der Waals surface area contributed by atoms with Crippen molar-refractivity contribution < 1.29 is 4.74 Å². The van der Waals surface area contributed by atoms with E-state index in [1.54, 1.807) is 11.3 Å². The quantitative estimate of drug-likeness (QED) is 0.372. The smallest absolute Gasteiger partial charge is 0.0811 e. The van der Waals surface area contributed by atoms with E-state index in [2.05, 4.69) is 76.6 Å². The second-order valence-corrected chi connectivity index (χ2v) is 13.5. The lowest BCUT2D eigenvalue weighted by Gasteiger charge is -2.51. The summed E-state index contributed by atoms with van der Waals surface area (Å²) in [5.74, 6) is 2.05. The van der Waals surface area contributed by atoms with Crippen LogP contribution in [0.2, 0.25) is 0 Å². The molecule has 9 unspecified atom stereocenters. The third-order valence-electron chi connectivity index (χ3n) is 11.5. The van der Waals surface area contributed by atoms with Crippen LogP contribution < -0.4 is 4.90 Å². The van der Waals surface area contributed by atoms with E-state index in [-0.39, 0.29) is 0 Å². The van der Waals surface area contributed by atoms with Crippen molar-refractivity contribution in [1.29, 1.82) is 0 Å². The third-order valence-corrected chi connectivity index (χ3v) is 11.5. The van der Waals surface area contributed by atoms with Gasteiger partial charge in [-0.2, -0.15) is 0 Å². The summed E-state index contributed by atoms with van der Waals surface area (Å²) in [4.78, 5) is 5.86. The molecule has 0 N–H and O–H groups in total. The monoisotopic (exact) mass is 522 g/mol. The molecule has 0 aromatic heterocycles. The minimum absolute atomic E-state index is 0.330. The fraction of sp³-hybridized carbons (Fsp3) is 0.611. The molecule has 8 rings (SSSR count). The second kappa shape index (κ2) is 10.3. The molecule has 0 amide bonds. The number of anilines is 1. The first-order chi connectivity index (χ1) is 19.4. The van der Waals surface area contributed by atoms with Crippen LogP contribution in [0.25, 0.3) is 0 Å². The van der Waals surface area contributed by atoms with Gasteiger partial charge in [0.1, 0.15) is 0 Å². The van der Waals surface area contributed by atoms with Crippen LogP contribution in [0.1, 0.15) is 95.0 Å². The maximum absolute atomic E-state index is 6.76. The summed E-state index contributed by atoms with van der Waals surface area (Å²) >= 11 is 0. The molecule has 5 aliphatic carbocycles. The maximum Gasteiger partial charge on any atom is 0.0811 e. The van der Waals surface area contributed by atoms with Crippen molar-refractivity contribution in [2.75, 3.05) is 4.90 Å². The minimum Gasteiger partial charge on any atom is -0.370 e. The molecule has 39 heavy (non-hydrogen) atoms. The van der Waals surface area contributed by atoms with Crippen molar-refractivity contribution in [2.24, 2.45) is 11.8 Å². The molecule has 0 spiro atoms. The normalized spacial score (nSPS) is 40.5. The molecular weight excluding hydrogens is 476 g/mol. The molecule has 0 radical (unpaired) electrons. The highest BCUT2D eigenvalue weighted by Gasteiger charge is 2.52. The Morgan fingerprint density at radius 2 is 1.82 bits per heavy atom. The molecule has 2 heterocycles. The van der Waals surface area contributed by atoms with E-state index in [9.17, 15) is 0 Å². The Labute approximate surface area is 235 Å². The van der Waals surface area contributed by atoms with Gasteiger partial charge in [0.05, 0.1) is 12.2 Å². The average Bonchev–Trinajstić information content (AvgIpc) is 3.54. The first kappa shape index (κ1) is 24.5. The van der Waals surface area contributed by atoms with Crippen LogP contribution in [-0.4, -0.2) is 41.3 Å². The summed E-state index contributed by atoms with van der Waals surface area (Å²) in [6.07, 6.45) is 34.7. The predicted molar refractivity (Wildman–Crippen MR) is 160 cm³/mol. The van der Waals surface area contributed by atoms with Crippen LogP contribution in [0.4, 0.5) is 5.69 Å². The summed E-state index contributed by atoms with van der Waals surface area (Å²) in [5.41, 5.74) is 4.77. The zero-order valence-electron chi connectivity index (χ0n) is 23.5. The van der Waals surface area contributed by atoms with Gasteiger partial charge < -0.3 is 14.5 Å². The molecule has 1 aromatic rings. The van der Waals surface area contributed by atoms with Gasteiger partial charge in [-0.3, -0.25) is 0 Å². The van der Waals surface area contributed by atoms with Crippen molar-refractivity contribution in [3.05, 3.63) is 78.1 Å². The third kappa shape index (κ3) is 4.17. The molecule has 2 saturated carbocycles. The number of hydrogen-bond acceptors (Lipinski definition) is 3. The van der Waals surface area contributed by atoms with Crippen LogP contribution in [0.5, 0.6) is 0 Å². The molecule has 2 aliphatic heterocycles. The summed E-state index contributed by atoms with van der Waals surface area (Å²) in [5, 5.41) is 0. The van der Waals surface area contributed by atoms with Crippen molar-refractivity contribution in [1.82, 2.24) is 4.90 Å². The Bertz CT molecular complexity index is 1180. The van der Waals surface area contributed by atoms with Gasteiger partial charge in [0, 0.05) is 47.4 Å². The van der Waals surface area contributed by atoms with Crippen molar-refractivity contribution in [3.63, 3.8) is 0 Å². The zero-order chi connectivity index (χ0) is 25.8. The molecule has 1 aromatic carbocycles. The van der Waals surface area contributed by atoms with Gasteiger partial charge in [-0.05, 0) is 94.3 Å². The van der Waals surface area contributed by atoms with Gasteiger partial charge in [0.15, 0.2) is 0 Å². The summed E-state index contributed by atoms with van der Waals surface area (Å²) < 4.78 is 6.76. The zero-order valence-corrected chi connectivity index (χ0v) is 23.5. The Balaban J connectivity index is 1.13. The summed E-state index contributed by atoms with van der Waals surface area (Å²) in [6.45, 7) is 0. The average molecular weight is 523 g/mol. The number of fused-ring (bicyclic) bond motifs is 6. The van der Waals surface area contributed by atoms with Crippen LogP contribution in [0.15, 0.2) is 72.5 Å². The van der Waals surface area contributed by atoms with E-state index in [1.165, 1.54) is 89.2 Å². The number of para-hydroxylation sites is 1. The minimum atomic E-state index is 0.330. The summed E-state index contributed by atoms with van der Waals surface area (Å²) in [7, 11) is 0. The second-order valence-electron chi connectivity index (χ2n) is 13.5. The molecular formula is C36H46N2O. The van der Waals surface area contributed by atoms with E-state index in [1.807, 2.05) is 0 Å². The van der Waals surface area contributed by atoms with Crippen LogP contribution in [0.3, 0.4) is 0 Å². The van der Waals surface area contributed by atoms with E-state index in [0.29, 0.717) is 48.2 Å². The van der Waals surface area contributed by atoms with Crippen molar-refractivity contribution in [3.8, 4) is 0 Å². The predicted octanol–water partition coefficient (Wildman–Crippen LogP) is 8.06. The highest BCUT2D eigenvalue weighted by atomic mass is 16.5. The molecule has 3 nitrogen and oxygen atoms in total. The van der Waals surface area contributed by atoms with Crippen molar-refractivity contribution >= 4 is 5.69 Å². The van der Waals surface area contributed by atoms with E-state index < -0.39 is 0 Å². The number of rotatable bonds is 4. The van der Waals surface area contributed by atoms with Crippen LogP contribution in [-0.2, 0) is 4.74 Å². The Morgan fingerprint density at radius 3 is 2.72 bits per heavy atom. The van der Waals surface area contributed by atoms with E-state index in [4.69, 9.17) is 4.74 Å². The first-order valence-electron chi connectivity index (χ1n) is 16.4. The number of allylic oxidation sites excluding steroid dienone is 5. The van der Waals surface area contributed by atoms with Gasteiger partial charge in [0.2, 0.25) is 0 Å². The van der Waals surface area contributed by atoms with Gasteiger partial charge in [-0.25, -0.2) is 0 Å². The first-order valence-corrected chi connectivity index (χ1v) is 16.4. The fourth-order valence-electron chi connectivity index (χ4n) is 10.00. The van der Waals surface area contributed by atoms with E-state index in [0.717, 1.165) is 5.92 Å². The van der Waals surface area contributed by atoms with Gasteiger partial charge in [-0.1, -0.05) is 67.5 Å². The Morgan fingerprint density at radius 1 is 0.872 bits per heavy atom. The molecule has 9 atom stereocenters. The molecule has 206 valence electrons. The molecule has 7 aliphatic rings.